The average Bonchev–Trinajstić information content (AvgIpc) is 3.22. The second-order valence-electron chi connectivity index (χ2n) is 8.83. The third-order valence-electron chi connectivity index (χ3n) is 4.98. The number of benzene rings is 2. The number of ether oxygens (including phenoxy) is 4. The summed E-state index contributed by atoms with van der Waals surface area (Å²) in [4.78, 5) is 25.1. The first-order valence-electron chi connectivity index (χ1n) is 11.9. The molecule has 0 bridgehead atoms. The third-order valence-corrected chi connectivity index (χ3v) is 6.93. The molecule has 1 aliphatic heterocycles. The maximum Gasteiger partial charge on any atom is 0.356 e. The van der Waals surface area contributed by atoms with E-state index < -0.39 is 38.0 Å². The minimum absolute atomic E-state index is 0.148. The quantitative estimate of drug-likeness (QED) is 0.276. The molecule has 36 heavy (non-hydrogen) atoms. The Labute approximate surface area is 211 Å². The Morgan fingerprint density at radius 1 is 0.889 bits per heavy atom. The van der Waals surface area contributed by atoms with Gasteiger partial charge in [0.15, 0.2) is 12.6 Å². The fourth-order valence-corrected chi connectivity index (χ4v) is 5.36. The molecule has 10 heteroatoms. The average molecular weight is 521 g/mol. The van der Waals surface area contributed by atoms with Gasteiger partial charge in [0, 0.05) is 6.42 Å². The standard InChI is InChI=1S/C26H33O9P/c1-18(2)34-36(29,35-19(3)4)17-31-24-15-22(33-26(28)21-13-9-6-10-14-21)23(32-24)16-30-25(27)20-11-7-5-8-12-20/h5-14,18-19,22-24H,15-17H2,1-4H3/t22-,23+,24-/m0/s1. The van der Waals surface area contributed by atoms with E-state index in [9.17, 15) is 14.2 Å². The molecule has 0 N–H and O–H groups in total. The zero-order valence-corrected chi connectivity index (χ0v) is 21.8. The molecule has 2 aromatic carbocycles. The van der Waals surface area contributed by atoms with E-state index in [1.54, 1.807) is 88.4 Å². The predicted molar refractivity (Wildman–Crippen MR) is 132 cm³/mol. The van der Waals surface area contributed by atoms with Crippen LogP contribution in [0.25, 0.3) is 0 Å². The minimum atomic E-state index is -3.57. The Morgan fingerprint density at radius 3 is 1.94 bits per heavy atom. The van der Waals surface area contributed by atoms with Crippen molar-refractivity contribution in [1.29, 1.82) is 0 Å². The number of carbonyl (C=O) groups is 2. The van der Waals surface area contributed by atoms with Crippen LogP contribution in [-0.4, -0.2) is 55.6 Å². The van der Waals surface area contributed by atoms with E-state index in [4.69, 9.17) is 28.0 Å². The topological polar surface area (TPSA) is 107 Å². The molecule has 0 aliphatic carbocycles. The van der Waals surface area contributed by atoms with Crippen molar-refractivity contribution in [3.63, 3.8) is 0 Å². The molecular weight excluding hydrogens is 487 g/mol. The van der Waals surface area contributed by atoms with E-state index >= 15 is 0 Å². The molecule has 0 saturated carbocycles. The highest BCUT2D eigenvalue weighted by Gasteiger charge is 2.41. The van der Waals surface area contributed by atoms with Gasteiger partial charge in [-0.25, -0.2) is 9.59 Å². The van der Waals surface area contributed by atoms with Crippen molar-refractivity contribution < 1.29 is 42.1 Å². The van der Waals surface area contributed by atoms with Crippen molar-refractivity contribution in [1.82, 2.24) is 0 Å². The third kappa shape index (κ3) is 8.54. The summed E-state index contributed by atoms with van der Waals surface area (Å²) in [5, 5.41) is 0. The van der Waals surface area contributed by atoms with Gasteiger partial charge in [0.1, 0.15) is 18.8 Å². The first-order valence-corrected chi connectivity index (χ1v) is 13.6. The van der Waals surface area contributed by atoms with E-state index in [-0.39, 0.29) is 31.6 Å². The van der Waals surface area contributed by atoms with E-state index in [0.717, 1.165) is 0 Å². The van der Waals surface area contributed by atoms with Crippen LogP contribution in [0.3, 0.4) is 0 Å². The molecule has 0 spiro atoms. The SMILES string of the molecule is CC(C)OP(=O)(CO[C@@H]1C[C@H](OC(=O)c2ccccc2)[C@@H](COC(=O)c2ccccc2)O1)OC(C)C. The van der Waals surface area contributed by atoms with Crippen molar-refractivity contribution in [2.45, 2.75) is 64.8 Å². The van der Waals surface area contributed by atoms with Crippen molar-refractivity contribution in [2.24, 2.45) is 0 Å². The molecule has 1 fully saturated rings. The predicted octanol–water partition coefficient (Wildman–Crippen LogP) is 5.20. The Balaban J connectivity index is 1.67. The van der Waals surface area contributed by atoms with Crippen LogP contribution in [0.2, 0.25) is 0 Å². The second kappa shape index (κ2) is 13.1. The summed E-state index contributed by atoms with van der Waals surface area (Å²) in [6.45, 7) is 6.83. The Morgan fingerprint density at radius 2 is 1.42 bits per heavy atom. The van der Waals surface area contributed by atoms with Gasteiger partial charge in [-0.3, -0.25) is 4.57 Å². The van der Waals surface area contributed by atoms with Gasteiger partial charge in [-0.1, -0.05) is 36.4 Å². The van der Waals surface area contributed by atoms with E-state index in [1.807, 2.05) is 0 Å². The molecule has 1 saturated heterocycles. The molecule has 3 rings (SSSR count). The molecule has 1 aliphatic rings. The van der Waals surface area contributed by atoms with Crippen LogP contribution >= 0.6 is 7.60 Å². The number of hydrogen-bond acceptors (Lipinski definition) is 9. The van der Waals surface area contributed by atoms with E-state index in [0.29, 0.717) is 11.1 Å². The zero-order chi connectivity index (χ0) is 26.1. The maximum atomic E-state index is 13.1. The second-order valence-corrected chi connectivity index (χ2v) is 10.7. The van der Waals surface area contributed by atoms with Crippen LogP contribution < -0.4 is 0 Å². The summed E-state index contributed by atoms with van der Waals surface area (Å²) in [7, 11) is -3.57. The van der Waals surface area contributed by atoms with Gasteiger partial charge in [0.05, 0.1) is 23.3 Å². The monoisotopic (exact) mass is 520 g/mol. The van der Waals surface area contributed by atoms with Crippen LogP contribution in [-0.2, 0) is 32.6 Å². The lowest BCUT2D eigenvalue weighted by Gasteiger charge is -2.24. The van der Waals surface area contributed by atoms with Crippen molar-refractivity contribution in [2.75, 3.05) is 13.0 Å². The summed E-state index contributed by atoms with van der Waals surface area (Å²) < 4.78 is 46.9. The fourth-order valence-electron chi connectivity index (χ4n) is 3.56. The van der Waals surface area contributed by atoms with Crippen LogP contribution in [0.5, 0.6) is 0 Å². The van der Waals surface area contributed by atoms with E-state index in [1.165, 1.54) is 0 Å². The summed E-state index contributed by atoms with van der Waals surface area (Å²) in [6.07, 6.45) is -3.30. The largest absolute Gasteiger partial charge is 0.459 e. The molecule has 196 valence electrons. The van der Waals surface area contributed by atoms with Gasteiger partial charge in [-0.2, -0.15) is 0 Å². The Kier molecular flexibility index (Phi) is 10.2. The lowest BCUT2D eigenvalue weighted by Crippen LogP contribution is -2.32. The molecular formula is C26H33O9P. The molecule has 9 nitrogen and oxygen atoms in total. The Bertz CT molecular complexity index is 1010. The summed E-state index contributed by atoms with van der Waals surface area (Å²) in [5.41, 5.74) is 0.765. The molecule has 0 aromatic heterocycles. The molecule has 1 heterocycles. The van der Waals surface area contributed by atoms with Gasteiger partial charge in [-0.15, -0.1) is 0 Å². The molecule has 0 unspecified atom stereocenters. The molecule has 2 aromatic rings. The van der Waals surface area contributed by atoms with E-state index in [2.05, 4.69) is 0 Å². The first-order chi connectivity index (χ1) is 17.1. The minimum Gasteiger partial charge on any atom is -0.459 e. The van der Waals surface area contributed by atoms with Crippen LogP contribution in [0.1, 0.15) is 54.8 Å². The number of esters is 2. The highest BCUT2D eigenvalue weighted by atomic mass is 31.2. The van der Waals surface area contributed by atoms with Gasteiger partial charge in [0.2, 0.25) is 0 Å². The fraction of sp³-hybridized carbons (Fsp3) is 0.462. The zero-order valence-electron chi connectivity index (χ0n) is 20.9. The maximum absolute atomic E-state index is 13.1. The highest BCUT2D eigenvalue weighted by molar-refractivity contribution is 7.53. The smallest absolute Gasteiger partial charge is 0.356 e. The normalized spacial score (nSPS) is 20.0. The van der Waals surface area contributed by atoms with Crippen LogP contribution in [0, 0.1) is 0 Å². The summed E-state index contributed by atoms with van der Waals surface area (Å²) >= 11 is 0. The number of rotatable bonds is 12. The summed E-state index contributed by atoms with van der Waals surface area (Å²) in [5.74, 6) is -1.07. The Hall–Kier alpha value is -2.55. The molecule has 0 amide bonds. The van der Waals surface area contributed by atoms with Gasteiger partial charge < -0.3 is 28.0 Å². The van der Waals surface area contributed by atoms with Crippen LogP contribution in [0.15, 0.2) is 60.7 Å². The van der Waals surface area contributed by atoms with Crippen molar-refractivity contribution in [3.05, 3.63) is 71.8 Å². The molecule has 0 radical (unpaired) electrons. The van der Waals surface area contributed by atoms with Gasteiger partial charge >= 0.3 is 19.5 Å². The van der Waals surface area contributed by atoms with Crippen molar-refractivity contribution >= 4 is 19.5 Å². The van der Waals surface area contributed by atoms with Gasteiger partial charge in [0.25, 0.3) is 0 Å². The van der Waals surface area contributed by atoms with Crippen LogP contribution in [0.4, 0.5) is 0 Å². The summed E-state index contributed by atoms with van der Waals surface area (Å²) in [6, 6.07) is 17.1. The molecule has 3 atom stereocenters. The van der Waals surface area contributed by atoms with Gasteiger partial charge in [-0.05, 0) is 52.0 Å². The lowest BCUT2D eigenvalue weighted by molar-refractivity contribution is -0.137. The van der Waals surface area contributed by atoms with Crippen molar-refractivity contribution in [3.8, 4) is 0 Å². The lowest BCUT2D eigenvalue weighted by atomic mass is 10.1. The number of carbonyl (C=O) groups excluding carboxylic acids is 2. The first kappa shape index (κ1) is 28.0. The number of hydrogen-bond donors (Lipinski definition) is 0. The highest BCUT2D eigenvalue weighted by Crippen LogP contribution is 2.51.